The van der Waals surface area contributed by atoms with Crippen LogP contribution in [0.5, 0.6) is 11.6 Å². The molecule has 1 aromatic heterocycles. The van der Waals surface area contributed by atoms with Gasteiger partial charge < -0.3 is 9.84 Å². The maximum atomic E-state index is 13.3. The van der Waals surface area contributed by atoms with Gasteiger partial charge in [-0.1, -0.05) is 0 Å². The second-order valence-corrected chi connectivity index (χ2v) is 3.78. The van der Waals surface area contributed by atoms with Crippen LogP contribution in [0.15, 0.2) is 36.5 Å². The lowest BCUT2D eigenvalue weighted by molar-refractivity contribution is 0.198. The fourth-order valence-corrected chi connectivity index (χ4v) is 1.41. The number of rotatable bonds is 3. The first-order valence-electron chi connectivity index (χ1n) is 5.33. The third kappa shape index (κ3) is 2.81. The summed E-state index contributed by atoms with van der Waals surface area (Å²) in [5.41, 5.74) is 0.580. The van der Waals surface area contributed by atoms with Gasteiger partial charge in [0, 0.05) is 18.3 Å². The van der Waals surface area contributed by atoms with Crippen molar-refractivity contribution in [1.82, 2.24) is 4.98 Å². The largest absolute Gasteiger partial charge is 0.436 e. The molecule has 0 aliphatic rings. The number of pyridine rings is 1. The van der Waals surface area contributed by atoms with Crippen molar-refractivity contribution in [1.29, 1.82) is 0 Å². The normalized spacial score (nSPS) is 12.2. The SMILES string of the molecule is C[C@H](O)c1ccnc(Oc2cc(F)ccc2F)c1. The summed E-state index contributed by atoms with van der Waals surface area (Å²) in [5.74, 6) is -1.43. The Kier molecular flexibility index (Phi) is 3.53. The van der Waals surface area contributed by atoms with Crippen molar-refractivity contribution in [2.24, 2.45) is 0 Å². The van der Waals surface area contributed by atoms with E-state index in [1.165, 1.54) is 12.3 Å². The molecule has 0 saturated carbocycles. The number of hydrogen-bond acceptors (Lipinski definition) is 3. The molecule has 2 rings (SSSR count). The van der Waals surface area contributed by atoms with E-state index < -0.39 is 17.7 Å². The van der Waals surface area contributed by atoms with Crippen molar-refractivity contribution in [2.45, 2.75) is 13.0 Å². The van der Waals surface area contributed by atoms with Crippen molar-refractivity contribution in [3.05, 3.63) is 53.7 Å². The van der Waals surface area contributed by atoms with Crippen molar-refractivity contribution in [2.75, 3.05) is 0 Å². The molecule has 1 atom stereocenters. The van der Waals surface area contributed by atoms with Gasteiger partial charge in [0.05, 0.1) is 6.10 Å². The van der Waals surface area contributed by atoms with Crippen LogP contribution in [0.1, 0.15) is 18.6 Å². The predicted molar refractivity (Wildman–Crippen MR) is 61.3 cm³/mol. The van der Waals surface area contributed by atoms with Crippen LogP contribution < -0.4 is 4.74 Å². The van der Waals surface area contributed by atoms with E-state index in [2.05, 4.69) is 4.98 Å². The number of nitrogens with zero attached hydrogens (tertiary/aromatic N) is 1. The van der Waals surface area contributed by atoms with Gasteiger partial charge in [-0.15, -0.1) is 0 Å². The molecule has 3 nitrogen and oxygen atoms in total. The van der Waals surface area contributed by atoms with Gasteiger partial charge in [0.25, 0.3) is 0 Å². The molecule has 94 valence electrons. The Balaban J connectivity index is 2.28. The van der Waals surface area contributed by atoms with Crippen LogP contribution in [-0.4, -0.2) is 10.1 Å². The summed E-state index contributed by atoms with van der Waals surface area (Å²) in [4.78, 5) is 3.87. The number of ether oxygens (including phenoxy) is 1. The van der Waals surface area contributed by atoms with E-state index in [9.17, 15) is 13.9 Å². The molecule has 0 spiro atoms. The number of halogens is 2. The average molecular weight is 251 g/mol. The molecule has 0 radical (unpaired) electrons. The summed E-state index contributed by atoms with van der Waals surface area (Å²) < 4.78 is 31.4. The highest BCUT2D eigenvalue weighted by molar-refractivity contribution is 5.31. The monoisotopic (exact) mass is 251 g/mol. The minimum atomic E-state index is -0.687. The molecule has 0 amide bonds. The number of aliphatic hydroxyl groups excluding tert-OH is 1. The predicted octanol–water partition coefficient (Wildman–Crippen LogP) is 3.21. The summed E-state index contributed by atoms with van der Waals surface area (Å²) in [7, 11) is 0. The Morgan fingerprint density at radius 2 is 2.00 bits per heavy atom. The number of hydrogen-bond donors (Lipinski definition) is 1. The summed E-state index contributed by atoms with van der Waals surface area (Å²) >= 11 is 0. The summed E-state index contributed by atoms with van der Waals surface area (Å²) in [6, 6.07) is 5.99. The van der Waals surface area contributed by atoms with Gasteiger partial charge in [-0.2, -0.15) is 0 Å². The van der Waals surface area contributed by atoms with Gasteiger partial charge >= 0.3 is 0 Å². The smallest absolute Gasteiger partial charge is 0.219 e. The molecule has 5 heteroatoms. The van der Waals surface area contributed by atoms with Gasteiger partial charge in [-0.05, 0) is 30.7 Å². The van der Waals surface area contributed by atoms with Crippen molar-refractivity contribution < 1.29 is 18.6 Å². The minimum Gasteiger partial charge on any atom is -0.436 e. The molecule has 0 fully saturated rings. The third-order valence-corrected chi connectivity index (χ3v) is 2.35. The van der Waals surface area contributed by atoms with Gasteiger partial charge in [0.1, 0.15) is 5.82 Å². The standard InChI is InChI=1S/C13H11F2NO2/c1-8(17)9-4-5-16-13(6-9)18-12-7-10(14)2-3-11(12)15/h2-8,17H,1H3/t8-/m0/s1. The lowest BCUT2D eigenvalue weighted by Crippen LogP contribution is -1.95. The third-order valence-electron chi connectivity index (χ3n) is 2.35. The van der Waals surface area contributed by atoms with Crippen LogP contribution >= 0.6 is 0 Å². The molecule has 0 unspecified atom stereocenters. The molecular weight excluding hydrogens is 240 g/mol. The topological polar surface area (TPSA) is 42.4 Å². The quantitative estimate of drug-likeness (QED) is 0.910. The zero-order chi connectivity index (χ0) is 13.1. The first kappa shape index (κ1) is 12.4. The molecule has 18 heavy (non-hydrogen) atoms. The second-order valence-electron chi connectivity index (χ2n) is 3.78. The molecule has 0 bridgehead atoms. The molecule has 0 saturated heterocycles. The maximum absolute atomic E-state index is 13.3. The fourth-order valence-electron chi connectivity index (χ4n) is 1.41. The first-order chi connectivity index (χ1) is 8.56. The van der Waals surface area contributed by atoms with E-state index in [0.717, 1.165) is 18.2 Å². The zero-order valence-electron chi connectivity index (χ0n) is 9.60. The molecule has 1 N–H and O–H groups in total. The van der Waals surface area contributed by atoms with Gasteiger partial charge in [0.15, 0.2) is 11.6 Å². The van der Waals surface area contributed by atoms with Crippen LogP contribution in [0.2, 0.25) is 0 Å². The lowest BCUT2D eigenvalue weighted by Gasteiger charge is -2.08. The average Bonchev–Trinajstić information content (AvgIpc) is 2.34. The molecule has 0 aliphatic heterocycles. The highest BCUT2D eigenvalue weighted by Gasteiger charge is 2.09. The summed E-state index contributed by atoms with van der Waals surface area (Å²) in [6.45, 7) is 1.59. The summed E-state index contributed by atoms with van der Waals surface area (Å²) in [5, 5.41) is 9.40. The van der Waals surface area contributed by atoms with Crippen LogP contribution in [0, 0.1) is 11.6 Å². The molecule has 1 aromatic carbocycles. The Morgan fingerprint density at radius 1 is 1.22 bits per heavy atom. The maximum Gasteiger partial charge on any atom is 0.219 e. The van der Waals surface area contributed by atoms with E-state index in [1.807, 2.05) is 0 Å². The van der Waals surface area contributed by atoms with Gasteiger partial charge in [-0.3, -0.25) is 0 Å². The van der Waals surface area contributed by atoms with Gasteiger partial charge in [-0.25, -0.2) is 13.8 Å². The van der Waals surface area contributed by atoms with Crippen molar-refractivity contribution in [3.63, 3.8) is 0 Å². The van der Waals surface area contributed by atoms with E-state index in [4.69, 9.17) is 4.74 Å². The highest BCUT2D eigenvalue weighted by Crippen LogP contribution is 2.25. The minimum absolute atomic E-state index is 0.0953. The van der Waals surface area contributed by atoms with E-state index in [-0.39, 0.29) is 11.6 Å². The first-order valence-corrected chi connectivity index (χ1v) is 5.33. The van der Waals surface area contributed by atoms with Gasteiger partial charge in [0.2, 0.25) is 5.88 Å². The molecule has 2 aromatic rings. The molecule has 0 aliphatic carbocycles. The Labute approximate surface area is 103 Å². The Morgan fingerprint density at radius 3 is 2.72 bits per heavy atom. The zero-order valence-corrected chi connectivity index (χ0v) is 9.60. The van der Waals surface area contributed by atoms with Crippen LogP contribution in [0.25, 0.3) is 0 Å². The van der Waals surface area contributed by atoms with E-state index in [1.54, 1.807) is 13.0 Å². The Hall–Kier alpha value is -2.01. The summed E-state index contributed by atoms with van der Waals surface area (Å²) in [6.07, 6.45) is 0.738. The van der Waals surface area contributed by atoms with Crippen molar-refractivity contribution in [3.8, 4) is 11.6 Å². The Bertz CT molecular complexity index is 558. The number of aliphatic hydroxyl groups is 1. The van der Waals surface area contributed by atoms with Crippen LogP contribution in [0.3, 0.4) is 0 Å². The van der Waals surface area contributed by atoms with Crippen molar-refractivity contribution >= 4 is 0 Å². The van der Waals surface area contributed by atoms with Crippen LogP contribution in [-0.2, 0) is 0 Å². The molecule has 1 heterocycles. The van der Waals surface area contributed by atoms with E-state index in [0.29, 0.717) is 5.56 Å². The fraction of sp³-hybridized carbons (Fsp3) is 0.154. The number of benzene rings is 1. The number of aromatic nitrogens is 1. The lowest BCUT2D eigenvalue weighted by atomic mass is 10.2. The van der Waals surface area contributed by atoms with E-state index >= 15 is 0 Å². The van der Waals surface area contributed by atoms with Crippen LogP contribution in [0.4, 0.5) is 8.78 Å². The molecular formula is C13H11F2NO2. The highest BCUT2D eigenvalue weighted by atomic mass is 19.1. The second kappa shape index (κ2) is 5.10.